The van der Waals surface area contributed by atoms with E-state index in [0.29, 0.717) is 30.1 Å². The molecule has 0 aromatic heterocycles. The molecule has 1 aliphatic heterocycles. The van der Waals surface area contributed by atoms with Gasteiger partial charge >= 0.3 is 0 Å². The van der Waals surface area contributed by atoms with E-state index >= 15 is 0 Å². The van der Waals surface area contributed by atoms with Gasteiger partial charge in [-0.1, -0.05) is 12.8 Å². The molecule has 3 unspecified atom stereocenters. The minimum Gasteiger partial charge on any atom is -0.493 e. The Kier molecular flexibility index (Phi) is 5.17. The van der Waals surface area contributed by atoms with E-state index < -0.39 is 0 Å². The summed E-state index contributed by atoms with van der Waals surface area (Å²) in [4.78, 5) is 4.47. The summed E-state index contributed by atoms with van der Waals surface area (Å²) in [5, 5.41) is 7.14. The lowest BCUT2D eigenvalue weighted by atomic mass is 9.54. The molecule has 0 radical (unpaired) electrons. The number of rotatable bonds is 5. The molecule has 6 nitrogen and oxygen atoms in total. The van der Waals surface area contributed by atoms with Crippen molar-refractivity contribution in [1.29, 1.82) is 0 Å². The molecular formula is C21H31N3O3. The van der Waals surface area contributed by atoms with Crippen LogP contribution in [0.4, 0.5) is 5.69 Å². The lowest BCUT2D eigenvalue weighted by Crippen LogP contribution is -2.68. The molecule has 148 valence electrons. The van der Waals surface area contributed by atoms with Gasteiger partial charge in [0.15, 0.2) is 17.5 Å². The molecule has 6 heteroatoms. The summed E-state index contributed by atoms with van der Waals surface area (Å²) in [6.07, 6.45) is 6.75. The molecule has 1 saturated heterocycles. The van der Waals surface area contributed by atoms with Gasteiger partial charge in [0.25, 0.3) is 0 Å². The van der Waals surface area contributed by atoms with Crippen LogP contribution in [0.2, 0.25) is 0 Å². The zero-order chi connectivity index (χ0) is 18.9. The number of hydrogen-bond acceptors (Lipinski definition) is 4. The van der Waals surface area contributed by atoms with E-state index in [1.165, 1.54) is 25.7 Å². The second-order valence-electron chi connectivity index (χ2n) is 7.80. The first-order valence-corrected chi connectivity index (χ1v) is 10.1. The van der Waals surface area contributed by atoms with Crippen LogP contribution in [0.1, 0.15) is 39.0 Å². The maximum atomic E-state index is 6.09. The third kappa shape index (κ3) is 3.14. The van der Waals surface area contributed by atoms with E-state index in [1.807, 2.05) is 32.2 Å². The highest BCUT2D eigenvalue weighted by molar-refractivity contribution is 5.94. The highest BCUT2D eigenvalue weighted by Crippen LogP contribution is 2.60. The molecule has 0 amide bonds. The molecule has 1 heterocycles. The van der Waals surface area contributed by atoms with Gasteiger partial charge in [-0.05, 0) is 38.3 Å². The molecule has 3 atom stereocenters. The van der Waals surface area contributed by atoms with Crippen molar-refractivity contribution < 1.29 is 14.2 Å². The molecule has 3 aliphatic rings. The first-order chi connectivity index (χ1) is 13.2. The van der Waals surface area contributed by atoms with Gasteiger partial charge in [-0.25, -0.2) is 0 Å². The number of methoxy groups -OCH3 is 1. The van der Waals surface area contributed by atoms with Crippen LogP contribution in [-0.4, -0.2) is 45.5 Å². The average Bonchev–Trinajstić information content (AvgIpc) is 3.35. The standard InChI is InChI=1S/C21H31N3O3/c1-4-26-16-8-7-14(13-17(16)25-3)23-20(22-2)24-18-15-9-12-27-19(15)21(18)10-5-6-11-21/h7-8,13,15,18-19H,4-6,9-12H2,1-3H3,(H2,22,23,24). The number of guanidine groups is 1. The third-order valence-corrected chi connectivity index (χ3v) is 6.53. The van der Waals surface area contributed by atoms with Gasteiger partial charge < -0.3 is 24.8 Å². The number of ether oxygens (including phenoxy) is 3. The summed E-state index contributed by atoms with van der Waals surface area (Å²) in [5.41, 5.74) is 1.23. The van der Waals surface area contributed by atoms with Crippen molar-refractivity contribution >= 4 is 11.6 Å². The highest BCUT2D eigenvalue weighted by Gasteiger charge is 2.65. The van der Waals surface area contributed by atoms with E-state index in [-0.39, 0.29) is 0 Å². The van der Waals surface area contributed by atoms with Gasteiger partial charge in [0.2, 0.25) is 0 Å². The van der Waals surface area contributed by atoms with Gasteiger partial charge in [0, 0.05) is 42.8 Å². The van der Waals surface area contributed by atoms with Crippen molar-refractivity contribution in [2.75, 3.05) is 32.7 Å². The molecule has 2 N–H and O–H groups in total. The largest absolute Gasteiger partial charge is 0.493 e. The average molecular weight is 373 g/mol. The molecule has 2 saturated carbocycles. The Morgan fingerprint density at radius 1 is 1.30 bits per heavy atom. The van der Waals surface area contributed by atoms with Crippen LogP contribution in [0.15, 0.2) is 23.2 Å². The molecule has 1 aromatic rings. The van der Waals surface area contributed by atoms with Crippen molar-refractivity contribution in [1.82, 2.24) is 5.32 Å². The molecular weight excluding hydrogens is 342 g/mol. The molecule has 4 rings (SSSR count). The van der Waals surface area contributed by atoms with Gasteiger partial charge in [0.1, 0.15) is 0 Å². The lowest BCUT2D eigenvalue weighted by molar-refractivity contribution is -0.124. The Hall–Kier alpha value is -1.95. The quantitative estimate of drug-likeness (QED) is 0.612. The van der Waals surface area contributed by atoms with Crippen LogP contribution in [0.3, 0.4) is 0 Å². The fourth-order valence-electron chi connectivity index (χ4n) is 5.36. The number of hydrogen-bond donors (Lipinski definition) is 2. The number of anilines is 1. The van der Waals surface area contributed by atoms with Crippen LogP contribution in [0, 0.1) is 11.3 Å². The number of nitrogens with one attached hydrogen (secondary N) is 2. The third-order valence-electron chi connectivity index (χ3n) is 6.53. The summed E-state index contributed by atoms with van der Waals surface area (Å²) in [6, 6.07) is 6.32. The van der Waals surface area contributed by atoms with E-state index in [0.717, 1.165) is 36.2 Å². The first kappa shape index (κ1) is 18.4. The molecule has 0 bridgehead atoms. The fraction of sp³-hybridized carbons (Fsp3) is 0.667. The Balaban J connectivity index is 1.47. The predicted octanol–water partition coefficient (Wildman–Crippen LogP) is 3.43. The van der Waals surface area contributed by atoms with Crippen LogP contribution in [0.5, 0.6) is 11.5 Å². The lowest BCUT2D eigenvalue weighted by Gasteiger charge is -2.57. The van der Waals surface area contributed by atoms with Crippen LogP contribution in [0.25, 0.3) is 0 Å². The van der Waals surface area contributed by atoms with Gasteiger partial charge in [-0.15, -0.1) is 0 Å². The zero-order valence-corrected chi connectivity index (χ0v) is 16.6. The molecule has 3 fully saturated rings. The van der Waals surface area contributed by atoms with Crippen molar-refractivity contribution in [3.8, 4) is 11.5 Å². The van der Waals surface area contributed by atoms with E-state index in [1.54, 1.807) is 7.11 Å². The van der Waals surface area contributed by atoms with Gasteiger partial charge in [-0.2, -0.15) is 0 Å². The highest BCUT2D eigenvalue weighted by atomic mass is 16.5. The maximum Gasteiger partial charge on any atom is 0.195 e. The number of fused-ring (bicyclic) bond motifs is 2. The van der Waals surface area contributed by atoms with Gasteiger partial charge in [0.05, 0.1) is 19.8 Å². The number of nitrogens with zero attached hydrogens (tertiary/aromatic N) is 1. The minimum absolute atomic E-state index is 0.301. The summed E-state index contributed by atoms with van der Waals surface area (Å²) in [7, 11) is 3.48. The van der Waals surface area contributed by atoms with E-state index in [9.17, 15) is 0 Å². The van der Waals surface area contributed by atoms with Crippen molar-refractivity contribution in [3.63, 3.8) is 0 Å². The molecule has 1 aromatic carbocycles. The molecule has 2 aliphatic carbocycles. The summed E-state index contributed by atoms with van der Waals surface area (Å²) >= 11 is 0. The molecule has 27 heavy (non-hydrogen) atoms. The van der Waals surface area contributed by atoms with E-state index in [4.69, 9.17) is 14.2 Å². The summed E-state index contributed by atoms with van der Waals surface area (Å²) < 4.78 is 17.2. The first-order valence-electron chi connectivity index (χ1n) is 10.1. The smallest absolute Gasteiger partial charge is 0.195 e. The fourth-order valence-corrected chi connectivity index (χ4v) is 5.36. The van der Waals surface area contributed by atoms with Crippen molar-refractivity contribution in [2.45, 2.75) is 51.2 Å². The Labute approximate surface area is 161 Å². The monoisotopic (exact) mass is 373 g/mol. The Morgan fingerprint density at radius 2 is 2.11 bits per heavy atom. The predicted molar refractivity (Wildman–Crippen MR) is 107 cm³/mol. The number of benzene rings is 1. The van der Waals surface area contributed by atoms with Crippen molar-refractivity contribution in [2.24, 2.45) is 16.3 Å². The number of aliphatic imine (C=N–C) groups is 1. The summed E-state index contributed by atoms with van der Waals surface area (Å²) in [5.74, 6) is 2.89. The topological polar surface area (TPSA) is 64.1 Å². The minimum atomic E-state index is 0.301. The molecule has 1 spiro atoms. The van der Waals surface area contributed by atoms with Crippen LogP contribution in [-0.2, 0) is 4.74 Å². The van der Waals surface area contributed by atoms with Gasteiger partial charge in [-0.3, -0.25) is 4.99 Å². The second-order valence-corrected chi connectivity index (χ2v) is 7.80. The normalized spacial score (nSPS) is 28.6. The summed E-state index contributed by atoms with van der Waals surface area (Å²) in [6.45, 7) is 3.48. The van der Waals surface area contributed by atoms with Crippen LogP contribution < -0.4 is 20.1 Å². The maximum absolute atomic E-state index is 6.09. The van der Waals surface area contributed by atoms with Crippen molar-refractivity contribution in [3.05, 3.63) is 18.2 Å². The second kappa shape index (κ2) is 7.58. The Bertz CT molecular complexity index is 700. The van der Waals surface area contributed by atoms with Crippen LogP contribution >= 0.6 is 0 Å². The van der Waals surface area contributed by atoms with E-state index in [2.05, 4.69) is 15.6 Å². The zero-order valence-electron chi connectivity index (χ0n) is 16.6. The Morgan fingerprint density at radius 3 is 2.81 bits per heavy atom. The SMILES string of the molecule is CCOc1ccc(NC(=NC)NC2C3CCOC3C23CCCC3)cc1OC.